The smallest absolute Gasteiger partial charge is 0.0595 e. The van der Waals surface area contributed by atoms with E-state index in [4.69, 9.17) is 23.2 Å². The summed E-state index contributed by atoms with van der Waals surface area (Å²) in [6.07, 6.45) is 6.11. The van der Waals surface area contributed by atoms with Crippen LogP contribution < -0.4 is 5.32 Å². The third-order valence-electron chi connectivity index (χ3n) is 3.12. The second kappa shape index (κ2) is 8.79. The molecule has 0 aliphatic rings. The molecule has 1 atom stereocenters. The fourth-order valence-electron chi connectivity index (χ4n) is 2.16. The molecule has 0 radical (unpaired) electrons. The molecule has 0 aliphatic carbocycles. The van der Waals surface area contributed by atoms with Crippen LogP contribution in [0.4, 0.5) is 0 Å². The van der Waals surface area contributed by atoms with Gasteiger partial charge in [-0.15, -0.1) is 0 Å². The van der Waals surface area contributed by atoms with Crippen molar-refractivity contribution in [2.24, 2.45) is 0 Å². The molecule has 3 heteroatoms. The van der Waals surface area contributed by atoms with Crippen LogP contribution in [0.3, 0.4) is 0 Å². The van der Waals surface area contributed by atoms with Gasteiger partial charge < -0.3 is 5.32 Å². The van der Waals surface area contributed by atoms with E-state index in [0.29, 0.717) is 16.1 Å². The number of likely N-dealkylation sites (N-methyl/N-ethyl adjacent to an activating group) is 1. The molecule has 102 valence electrons. The number of hydrogen-bond acceptors (Lipinski definition) is 1. The van der Waals surface area contributed by atoms with Crippen molar-refractivity contribution in [1.82, 2.24) is 5.32 Å². The highest BCUT2D eigenvalue weighted by molar-refractivity contribution is 6.42. The summed E-state index contributed by atoms with van der Waals surface area (Å²) in [5.41, 5.74) is 1.26. The van der Waals surface area contributed by atoms with E-state index in [1.807, 2.05) is 12.1 Å². The standard InChI is InChI=1S/C15H23Cl2N/c1-3-5-6-7-13(18-4-2)10-12-8-9-14(16)15(17)11-12/h8-9,11,13,18H,3-7,10H2,1-2H3. The van der Waals surface area contributed by atoms with Gasteiger partial charge in [0.15, 0.2) is 0 Å². The van der Waals surface area contributed by atoms with Crippen LogP contribution in [-0.2, 0) is 6.42 Å². The zero-order valence-electron chi connectivity index (χ0n) is 11.3. The summed E-state index contributed by atoms with van der Waals surface area (Å²) in [4.78, 5) is 0. The maximum Gasteiger partial charge on any atom is 0.0595 e. The van der Waals surface area contributed by atoms with E-state index in [0.717, 1.165) is 13.0 Å². The summed E-state index contributed by atoms with van der Waals surface area (Å²) < 4.78 is 0. The second-order valence-electron chi connectivity index (χ2n) is 4.70. The number of nitrogens with one attached hydrogen (secondary N) is 1. The molecule has 1 nitrogen and oxygen atoms in total. The zero-order chi connectivity index (χ0) is 13.4. The van der Waals surface area contributed by atoms with Crippen LogP contribution in [0.1, 0.15) is 45.1 Å². The van der Waals surface area contributed by atoms with E-state index >= 15 is 0 Å². The molecule has 0 heterocycles. The Morgan fingerprint density at radius 2 is 1.89 bits per heavy atom. The minimum absolute atomic E-state index is 0.541. The van der Waals surface area contributed by atoms with E-state index in [1.54, 1.807) is 0 Å². The number of benzene rings is 1. The molecule has 1 unspecified atom stereocenters. The lowest BCUT2D eigenvalue weighted by molar-refractivity contribution is 0.467. The molecule has 1 rings (SSSR count). The van der Waals surface area contributed by atoms with Gasteiger partial charge in [-0.2, -0.15) is 0 Å². The van der Waals surface area contributed by atoms with Gasteiger partial charge in [0, 0.05) is 6.04 Å². The van der Waals surface area contributed by atoms with Gasteiger partial charge in [-0.1, -0.05) is 62.4 Å². The van der Waals surface area contributed by atoms with Crippen LogP contribution in [0, 0.1) is 0 Å². The minimum Gasteiger partial charge on any atom is -0.314 e. The third kappa shape index (κ3) is 5.60. The van der Waals surface area contributed by atoms with Crippen LogP contribution in [0.5, 0.6) is 0 Å². The molecule has 18 heavy (non-hydrogen) atoms. The lowest BCUT2D eigenvalue weighted by Gasteiger charge is -2.18. The minimum atomic E-state index is 0.541. The molecule has 1 N–H and O–H groups in total. The van der Waals surface area contributed by atoms with Crippen LogP contribution in [-0.4, -0.2) is 12.6 Å². The van der Waals surface area contributed by atoms with Gasteiger partial charge in [-0.3, -0.25) is 0 Å². The van der Waals surface area contributed by atoms with Gasteiger partial charge in [0.1, 0.15) is 0 Å². The monoisotopic (exact) mass is 287 g/mol. The Morgan fingerprint density at radius 1 is 1.11 bits per heavy atom. The molecule has 0 amide bonds. The van der Waals surface area contributed by atoms with E-state index in [9.17, 15) is 0 Å². The van der Waals surface area contributed by atoms with Crippen molar-refractivity contribution >= 4 is 23.2 Å². The van der Waals surface area contributed by atoms with E-state index in [-0.39, 0.29) is 0 Å². The zero-order valence-corrected chi connectivity index (χ0v) is 12.8. The molecule has 1 aromatic carbocycles. The largest absolute Gasteiger partial charge is 0.314 e. The molecule has 0 aromatic heterocycles. The Kier molecular flexibility index (Phi) is 7.73. The fourth-order valence-corrected chi connectivity index (χ4v) is 2.48. The summed E-state index contributed by atoms with van der Waals surface area (Å²) in [5, 5.41) is 4.83. The van der Waals surface area contributed by atoms with Crippen LogP contribution in [0.2, 0.25) is 10.0 Å². The molecular formula is C15H23Cl2N. The average molecular weight is 288 g/mol. The molecule has 0 aliphatic heterocycles. The highest BCUT2D eigenvalue weighted by atomic mass is 35.5. The summed E-state index contributed by atoms with van der Waals surface area (Å²) >= 11 is 12.0. The van der Waals surface area contributed by atoms with Crippen molar-refractivity contribution < 1.29 is 0 Å². The molecular weight excluding hydrogens is 265 g/mol. The van der Waals surface area contributed by atoms with Gasteiger partial charge >= 0.3 is 0 Å². The fraction of sp³-hybridized carbons (Fsp3) is 0.600. The normalized spacial score (nSPS) is 12.7. The van der Waals surface area contributed by atoms with E-state index in [1.165, 1.54) is 31.2 Å². The predicted molar refractivity (Wildman–Crippen MR) is 81.8 cm³/mol. The number of halogens is 2. The molecule has 0 spiro atoms. The van der Waals surface area contributed by atoms with Gasteiger partial charge in [0.2, 0.25) is 0 Å². The van der Waals surface area contributed by atoms with Gasteiger partial charge in [0.05, 0.1) is 10.0 Å². The van der Waals surface area contributed by atoms with Crippen molar-refractivity contribution in [2.75, 3.05) is 6.54 Å². The van der Waals surface area contributed by atoms with Crippen LogP contribution in [0.25, 0.3) is 0 Å². The molecule has 0 saturated heterocycles. The van der Waals surface area contributed by atoms with Gasteiger partial charge in [-0.05, 0) is 37.1 Å². The summed E-state index contributed by atoms with van der Waals surface area (Å²) in [6.45, 7) is 5.40. The lowest BCUT2D eigenvalue weighted by atomic mass is 10.0. The maximum absolute atomic E-state index is 6.05. The number of rotatable bonds is 8. The Bertz CT molecular complexity index is 352. The Morgan fingerprint density at radius 3 is 2.50 bits per heavy atom. The first-order chi connectivity index (χ1) is 8.67. The lowest BCUT2D eigenvalue weighted by Crippen LogP contribution is -2.30. The van der Waals surface area contributed by atoms with Crippen molar-refractivity contribution in [3.8, 4) is 0 Å². The molecule has 1 aromatic rings. The second-order valence-corrected chi connectivity index (χ2v) is 5.52. The quantitative estimate of drug-likeness (QED) is 0.657. The maximum atomic E-state index is 6.05. The van der Waals surface area contributed by atoms with Crippen molar-refractivity contribution in [3.63, 3.8) is 0 Å². The Hall–Kier alpha value is -0.240. The van der Waals surface area contributed by atoms with Crippen LogP contribution >= 0.6 is 23.2 Å². The van der Waals surface area contributed by atoms with Crippen molar-refractivity contribution in [1.29, 1.82) is 0 Å². The molecule has 0 fully saturated rings. The van der Waals surface area contributed by atoms with Crippen LogP contribution in [0.15, 0.2) is 18.2 Å². The highest BCUT2D eigenvalue weighted by Gasteiger charge is 2.09. The highest BCUT2D eigenvalue weighted by Crippen LogP contribution is 2.23. The third-order valence-corrected chi connectivity index (χ3v) is 3.85. The number of hydrogen-bond donors (Lipinski definition) is 1. The van der Waals surface area contributed by atoms with E-state index in [2.05, 4.69) is 25.2 Å². The predicted octanol–water partition coefficient (Wildman–Crippen LogP) is 5.09. The summed E-state index contributed by atoms with van der Waals surface area (Å²) in [5.74, 6) is 0. The molecule has 0 bridgehead atoms. The molecule has 0 saturated carbocycles. The first-order valence-corrected chi connectivity index (χ1v) is 7.60. The topological polar surface area (TPSA) is 12.0 Å². The van der Waals surface area contributed by atoms with E-state index < -0.39 is 0 Å². The van der Waals surface area contributed by atoms with Gasteiger partial charge in [0.25, 0.3) is 0 Å². The summed E-state index contributed by atoms with van der Waals surface area (Å²) in [7, 11) is 0. The number of unbranched alkanes of at least 4 members (excludes halogenated alkanes) is 2. The van der Waals surface area contributed by atoms with Gasteiger partial charge in [-0.25, -0.2) is 0 Å². The first-order valence-electron chi connectivity index (χ1n) is 6.84. The Balaban J connectivity index is 2.55. The first kappa shape index (κ1) is 15.8. The summed E-state index contributed by atoms with van der Waals surface area (Å²) in [6, 6.07) is 6.47. The Labute approximate surface area is 121 Å². The average Bonchev–Trinajstić information content (AvgIpc) is 2.34. The van der Waals surface area contributed by atoms with Crippen molar-refractivity contribution in [3.05, 3.63) is 33.8 Å². The SMILES string of the molecule is CCCCCC(Cc1ccc(Cl)c(Cl)c1)NCC. The van der Waals surface area contributed by atoms with Crippen molar-refractivity contribution in [2.45, 2.75) is 52.0 Å².